The molecule has 8 nitrogen and oxygen atoms in total. The van der Waals surface area contributed by atoms with Crippen LogP contribution in [0.3, 0.4) is 0 Å². The molecular weight excluding hydrogens is 534 g/mol. The van der Waals surface area contributed by atoms with Crippen LogP contribution in [0.25, 0.3) is 21.2 Å². The first kappa shape index (κ1) is 28.2. The van der Waals surface area contributed by atoms with Crippen LogP contribution in [0.4, 0.5) is 0 Å². The molecule has 3 aromatic rings. The minimum atomic E-state index is -3.80. The van der Waals surface area contributed by atoms with E-state index in [1.165, 1.54) is 30.6 Å². The molecule has 210 valence electrons. The van der Waals surface area contributed by atoms with Crippen molar-refractivity contribution in [1.82, 2.24) is 15.0 Å². The van der Waals surface area contributed by atoms with E-state index in [0.29, 0.717) is 29.5 Å². The van der Waals surface area contributed by atoms with Gasteiger partial charge in [-0.3, -0.25) is 4.79 Å². The SMILES string of the molecule is CC(C)(O)CNC(=O)c1nc(CC2CCCCC2)c(-c2ccc(S(=O)(=O)NC3(C)COC3)c3ccccc23)s1. The highest BCUT2D eigenvalue weighted by Gasteiger charge is 2.38. The highest BCUT2D eigenvalue weighted by atomic mass is 32.2. The van der Waals surface area contributed by atoms with E-state index in [0.717, 1.165) is 40.8 Å². The highest BCUT2D eigenvalue weighted by molar-refractivity contribution is 7.89. The van der Waals surface area contributed by atoms with E-state index >= 15 is 0 Å². The number of nitrogens with zero attached hydrogens (tertiary/aromatic N) is 1. The molecule has 1 aliphatic heterocycles. The third kappa shape index (κ3) is 6.36. The molecule has 1 saturated carbocycles. The fraction of sp³-hybridized carbons (Fsp3) is 0.517. The average molecular weight is 572 g/mol. The Labute approximate surface area is 234 Å². The van der Waals surface area contributed by atoms with Gasteiger partial charge in [-0.15, -0.1) is 11.3 Å². The largest absolute Gasteiger partial charge is 0.389 e. The first-order valence-corrected chi connectivity index (χ1v) is 15.9. The van der Waals surface area contributed by atoms with Crippen LogP contribution in [-0.4, -0.2) is 55.3 Å². The predicted molar refractivity (Wildman–Crippen MR) is 154 cm³/mol. The van der Waals surface area contributed by atoms with Gasteiger partial charge in [-0.25, -0.2) is 18.1 Å². The van der Waals surface area contributed by atoms with Gasteiger partial charge in [-0.2, -0.15) is 0 Å². The van der Waals surface area contributed by atoms with Gasteiger partial charge in [-0.05, 0) is 44.6 Å². The molecule has 0 atom stereocenters. The number of benzene rings is 2. The van der Waals surface area contributed by atoms with Crippen LogP contribution >= 0.6 is 11.3 Å². The molecule has 5 rings (SSSR count). The molecule has 1 saturated heterocycles. The zero-order valence-corrected chi connectivity index (χ0v) is 24.4. The number of hydrogen-bond acceptors (Lipinski definition) is 7. The van der Waals surface area contributed by atoms with Crippen molar-refractivity contribution >= 4 is 38.0 Å². The van der Waals surface area contributed by atoms with Crippen LogP contribution < -0.4 is 10.0 Å². The van der Waals surface area contributed by atoms with Crippen LogP contribution in [-0.2, 0) is 21.2 Å². The number of sulfonamides is 1. The molecule has 0 unspecified atom stereocenters. The first-order valence-electron chi connectivity index (χ1n) is 13.6. The zero-order chi connectivity index (χ0) is 27.8. The van der Waals surface area contributed by atoms with E-state index in [9.17, 15) is 18.3 Å². The van der Waals surface area contributed by atoms with Crippen LogP contribution in [0.15, 0.2) is 41.3 Å². The molecule has 2 aliphatic rings. The van der Waals surface area contributed by atoms with Gasteiger partial charge < -0.3 is 15.2 Å². The van der Waals surface area contributed by atoms with Gasteiger partial charge in [0, 0.05) is 17.5 Å². The second-order valence-corrected chi connectivity index (χ2v) is 14.5. The number of carbonyl (C=O) groups is 1. The van der Waals surface area contributed by atoms with E-state index in [2.05, 4.69) is 10.0 Å². The maximum Gasteiger partial charge on any atom is 0.280 e. The van der Waals surface area contributed by atoms with Gasteiger partial charge in [0.1, 0.15) is 0 Å². The second-order valence-electron chi connectivity index (χ2n) is 11.8. The monoisotopic (exact) mass is 571 g/mol. The molecule has 0 radical (unpaired) electrons. The number of amides is 1. The molecule has 1 aliphatic carbocycles. The van der Waals surface area contributed by atoms with Crippen molar-refractivity contribution in [3.8, 4) is 10.4 Å². The molecule has 0 bridgehead atoms. The van der Waals surface area contributed by atoms with Gasteiger partial charge >= 0.3 is 0 Å². The quantitative estimate of drug-likeness (QED) is 0.344. The van der Waals surface area contributed by atoms with E-state index < -0.39 is 21.2 Å². The number of ether oxygens (including phenoxy) is 1. The lowest BCUT2D eigenvalue weighted by Gasteiger charge is -2.38. The second kappa shape index (κ2) is 10.9. The lowest BCUT2D eigenvalue weighted by Crippen LogP contribution is -2.59. The van der Waals surface area contributed by atoms with Crippen molar-refractivity contribution in [2.45, 2.75) is 75.3 Å². The summed E-state index contributed by atoms with van der Waals surface area (Å²) in [6.07, 6.45) is 6.72. The topological polar surface area (TPSA) is 118 Å². The Morgan fingerprint density at radius 3 is 2.46 bits per heavy atom. The third-order valence-electron chi connectivity index (χ3n) is 7.42. The molecule has 10 heteroatoms. The summed E-state index contributed by atoms with van der Waals surface area (Å²) in [6.45, 7) is 5.92. The van der Waals surface area contributed by atoms with Crippen molar-refractivity contribution < 1.29 is 23.1 Å². The Morgan fingerprint density at radius 1 is 1.13 bits per heavy atom. The van der Waals surface area contributed by atoms with Gasteiger partial charge in [0.15, 0.2) is 5.01 Å². The minimum Gasteiger partial charge on any atom is -0.389 e. The number of aliphatic hydroxyl groups is 1. The van der Waals surface area contributed by atoms with E-state index in [1.807, 2.05) is 37.3 Å². The van der Waals surface area contributed by atoms with Crippen molar-refractivity contribution in [1.29, 1.82) is 0 Å². The van der Waals surface area contributed by atoms with E-state index in [1.54, 1.807) is 19.9 Å². The van der Waals surface area contributed by atoms with E-state index in [-0.39, 0.29) is 17.3 Å². The Bertz CT molecular complexity index is 1470. The molecule has 1 aromatic heterocycles. The molecule has 3 N–H and O–H groups in total. The number of hydrogen-bond donors (Lipinski definition) is 3. The molecule has 2 aromatic carbocycles. The highest BCUT2D eigenvalue weighted by Crippen LogP contribution is 2.40. The molecule has 2 fully saturated rings. The Morgan fingerprint density at radius 2 is 1.82 bits per heavy atom. The summed E-state index contributed by atoms with van der Waals surface area (Å²) in [6, 6.07) is 11.0. The fourth-order valence-electron chi connectivity index (χ4n) is 5.38. The number of fused-ring (bicyclic) bond motifs is 1. The summed E-state index contributed by atoms with van der Waals surface area (Å²) >= 11 is 1.32. The minimum absolute atomic E-state index is 0.116. The average Bonchev–Trinajstić information content (AvgIpc) is 3.29. The van der Waals surface area contributed by atoms with Crippen LogP contribution in [0.5, 0.6) is 0 Å². The summed E-state index contributed by atoms with van der Waals surface area (Å²) in [4.78, 5) is 18.9. The van der Waals surface area contributed by atoms with Crippen molar-refractivity contribution in [2.75, 3.05) is 19.8 Å². The maximum absolute atomic E-state index is 13.4. The number of thiazole rings is 1. The first-order chi connectivity index (χ1) is 18.4. The molecule has 2 heterocycles. The summed E-state index contributed by atoms with van der Waals surface area (Å²) < 4.78 is 34.9. The van der Waals surface area contributed by atoms with Gasteiger partial charge in [0.25, 0.3) is 5.91 Å². The Hall–Kier alpha value is -2.37. The van der Waals surface area contributed by atoms with Crippen molar-refractivity contribution in [2.24, 2.45) is 5.92 Å². The smallest absolute Gasteiger partial charge is 0.280 e. The van der Waals surface area contributed by atoms with Gasteiger partial charge in [0.05, 0.1) is 39.8 Å². The van der Waals surface area contributed by atoms with Gasteiger partial charge in [0.2, 0.25) is 10.0 Å². The summed E-state index contributed by atoms with van der Waals surface area (Å²) in [5, 5.41) is 14.6. The summed E-state index contributed by atoms with van der Waals surface area (Å²) in [5.41, 5.74) is 0.0925. The Balaban J connectivity index is 1.56. The van der Waals surface area contributed by atoms with Crippen LogP contribution in [0.1, 0.15) is 68.4 Å². The maximum atomic E-state index is 13.4. The standard InChI is InChI=1S/C29H37N3O5S2/c1-28(2,34)16-30-26(33)27-31-23(15-19-9-5-4-6-10-19)25(38-27)22-13-14-24(21-12-8-7-11-20(21)22)39(35,36)32-29(3)17-37-18-29/h7-8,11-14,19,32,34H,4-6,9-10,15-18H2,1-3H3,(H,30,33). The van der Waals surface area contributed by atoms with Crippen molar-refractivity contribution in [3.05, 3.63) is 47.1 Å². The number of rotatable bonds is 9. The number of nitrogens with one attached hydrogen (secondary N) is 2. The number of carbonyl (C=O) groups excluding carboxylic acids is 1. The van der Waals surface area contributed by atoms with E-state index in [4.69, 9.17) is 9.72 Å². The third-order valence-corrected chi connectivity index (χ3v) is 10.2. The summed E-state index contributed by atoms with van der Waals surface area (Å²) in [7, 11) is -3.80. The van der Waals surface area contributed by atoms with Crippen LogP contribution in [0, 0.1) is 5.92 Å². The lowest BCUT2D eigenvalue weighted by molar-refractivity contribution is -0.0523. The molecule has 0 spiro atoms. The molecular formula is C29H37N3O5S2. The zero-order valence-electron chi connectivity index (χ0n) is 22.7. The molecule has 39 heavy (non-hydrogen) atoms. The number of aromatic nitrogens is 1. The molecule has 1 amide bonds. The Kier molecular flexibility index (Phi) is 7.87. The predicted octanol–water partition coefficient (Wildman–Crippen LogP) is 4.65. The lowest BCUT2D eigenvalue weighted by atomic mass is 9.85. The van der Waals surface area contributed by atoms with Crippen molar-refractivity contribution in [3.63, 3.8) is 0 Å². The summed E-state index contributed by atoms with van der Waals surface area (Å²) in [5.74, 6) is 0.189. The van der Waals surface area contributed by atoms with Crippen LogP contribution in [0.2, 0.25) is 0 Å². The van der Waals surface area contributed by atoms with Gasteiger partial charge in [-0.1, -0.05) is 62.4 Å². The fourth-order valence-corrected chi connectivity index (χ4v) is 8.02. The normalized spacial score (nSPS) is 18.2.